The van der Waals surface area contributed by atoms with Crippen LogP contribution in [0, 0.1) is 0 Å². The van der Waals surface area contributed by atoms with Gasteiger partial charge in [0.1, 0.15) is 46.3 Å². The Labute approximate surface area is 441 Å². The number of carbonyl (C=O) groups excluding carboxylic acids is 7. The molecule has 7 rings (SSSR count). The number of amides is 6. The van der Waals surface area contributed by atoms with Gasteiger partial charge in [-0.1, -0.05) is 53.6 Å². The maximum Gasteiger partial charge on any atom is 0.409 e. The second kappa shape index (κ2) is 24.4. The van der Waals surface area contributed by atoms with E-state index in [1.807, 2.05) is 56.4 Å². The Morgan fingerprint density at radius 2 is 1.65 bits per heavy atom. The number of carbonyl (C=O) groups is 7. The lowest BCUT2D eigenvalue weighted by atomic mass is 9.72. The van der Waals surface area contributed by atoms with Gasteiger partial charge in [-0.05, 0) is 76.4 Å². The van der Waals surface area contributed by atoms with Crippen molar-refractivity contribution in [3.8, 4) is 5.75 Å². The average Bonchev–Trinajstić information content (AvgIpc) is 3.71. The molecule has 6 amide bonds. The number of likely N-dealkylation sites (N-methyl/N-ethyl adjacent to an activating group) is 1. The highest BCUT2D eigenvalue weighted by atomic mass is 35.5. The number of hydrogen-bond acceptors (Lipinski definition) is 15. The zero-order valence-electron chi connectivity index (χ0n) is 44.2. The SMILES string of the molecule is CNN(C)Cc1cc2ccccc2n1CCC(=O)NCC(=O)NCC(=O)NCC(=O)N(C)[C@@H](C)C(=O)O[C@H]1CC(=O)N(C)c2cc(cc(OC)c2Cl)C/C(C)=C/C=C/[C@@H](OC)[C@@]2(O)C[C@H](OC(=O)N2)[C@@]2(C)C[C@@]1(C)O2. The molecule has 408 valence electrons. The topological polar surface area (TPSA) is 261 Å². The molecule has 1 aromatic heterocycles. The number of halogens is 1. The third-order valence-electron chi connectivity index (χ3n) is 14.0. The number of alkyl carbamates (subject to hydrolysis) is 1. The van der Waals surface area contributed by atoms with E-state index < -0.39 is 96.5 Å². The molecule has 6 bridgehead atoms. The molecule has 4 aliphatic rings. The summed E-state index contributed by atoms with van der Waals surface area (Å²) in [5.41, 5.74) is 2.46. The first-order valence-electron chi connectivity index (χ1n) is 24.6. The molecule has 75 heavy (non-hydrogen) atoms. The quantitative estimate of drug-likeness (QED) is 0.0839. The molecule has 5 heterocycles. The van der Waals surface area contributed by atoms with Gasteiger partial charge < -0.3 is 59.1 Å². The smallest absolute Gasteiger partial charge is 0.409 e. The van der Waals surface area contributed by atoms with E-state index in [4.69, 9.17) is 35.3 Å². The fourth-order valence-corrected chi connectivity index (χ4v) is 9.89. The van der Waals surface area contributed by atoms with E-state index in [0.29, 0.717) is 30.9 Å². The number of fused-ring (bicyclic) bond motifs is 7. The molecule has 0 aliphatic carbocycles. The summed E-state index contributed by atoms with van der Waals surface area (Å²) in [7, 11) is 9.44. The number of esters is 1. The van der Waals surface area contributed by atoms with Crippen LogP contribution in [0.5, 0.6) is 5.75 Å². The maximum absolute atomic E-state index is 14.3. The summed E-state index contributed by atoms with van der Waals surface area (Å²) < 4.78 is 31.6. The van der Waals surface area contributed by atoms with Crippen molar-refractivity contribution in [3.63, 3.8) is 0 Å². The highest BCUT2D eigenvalue weighted by molar-refractivity contribution is 6.35. The van der Waals surface area contributed by atoms with Crippen molar-refractivity contribution in [3.05, 3.63) is 82.5 Å². The number of benzene rings is 2. The summed E-state index contributed by atoms with van der Waals surface area (Å²) in [4.78, 5) is 95.3. The molecular weight excluding hydrogens is 994 g/mol. The summed E-state index contributed by atoms with van der Waals surface area (Å²) in [5.74, 6) is -3.50. The number of aryl methyl sites for hydroxylation is 1. The van der Waals surface area contributed by atoms with Gasteiger partial charge in [-0.3, -0.25) is 34.7 Å². The fraction of sp³-hybridized carbons (Fsp3) is 0.519. The van der Waals surface area contributed by atoms with Crippen molar-refractivity contribution in [1.82, 2.24) is 41.2 Å². The Hall–Kier alpha value is -6.56. The largest absolute Gasteiger partial charge is 0.495 e. The van der Waals surface area contributed by atoms with E-state index in [9.17, 15) is 38.7 Å². The number of aliphatic hydroxyl groups is 1. The number of methoxy groups -OCH3 is 2. The number of ether oxygens (including phenoxy) is 5. The van der Waals surface area contributed by atoms with Gasteiger partial charge in [0.25, 0.3) is 0 Å². The first-order valence-corrected chi connectivity index (χ1v) is 24.9. The van der Waals surface area contributed by atoms with Gasteiger partial charge >= 0.3 is 12.1 Å². The van der Waals surface area contributed by atoms with Crippen LogP contribution in [0.15, 0.2) is 66.3 Å². The van der Waals surface area contributed by atoms with Crippen LogP contribution in [0.3, 0.4) is 0 Å². The molecule has 4 aliphatic heterocycles. The zero-order chi connectivity index (χ0) is 55.0. The molecule has 23 heteroatoms. The number of nitrogens with zero attached hydrogens (tertiary/aromatic N) is 4. The van der Waals surface area contributed by atoms with Crippen LogP contribution in [0.25, 0.3) is 10.9 Å². The van der Waals surface area contributed by atoms with Crippen LogP contribution in [0.1, 0.15) is 64.6 Å². The lowest BCUT2D eigenvalue weighted by molar-refractivity contribution is -0.328. The number of para-hydroxylation sites is 1. The van der Waals surface area contributed by atoms with Crippen molar-refractivity contribution in [2.75, 3.05) is 66.9 Å². The Morgan fingerprint density at radius 3 is 2.32 bits per heavy atom. The van der Waals surface area contributed by atoms with E-state index in [1.165, 1.54) is 40.1 Å². The molecule has 0 radical (unpaired) electrons. The minimum absolute atomic E-state index is 0.0723. The molecule has 2 saturated heterocycles. The number of nitrogens with one attached hydrogen (secondary N) is 5. The van der Waals surface area contributed by atoms with Crippen LogP contribution in [-0.2, 0) is 67.2 Å². The number of hydrogen-bond donors (Lipinski definition) is 6. The van der Waals surface area contributed by atoms with E-state index in [2.05, 4.69) is 37.3 Å². The Morgan fingerprint density at radius 1 is 0.987 bits per heavy atom. The van der Waals surface area contributed by atoms with Crippen LogP contribution in [0.2, 0.25) is 5.02 Å². The number of allylic oxidation sites excluding steroid dienone is 3. The highest BCUT2D eigenvalue weighted by Gasteiger charge is 2.63. The zero-order valence-corrected chi connectivity index (χ0v) is 44.9. The monoisotopic (exact) mass is 1060 g/mol. The minimum atomic E-state index is -1.92. The van der Waals surface area contributed by atoms with E-state index in [-0.39, 0.29) is 36.7 Å². The second-order valence-electron chi connectivity index (χ2n) is 19.7. The van der Waals surface area contributed by atoms with Crippen LogP contribution >= 0.6 is 11.6 Å². The summed E-state index contributed by atoms with van der Waals surface area (Å²) in [5, 5.41) is 24.9. The normalized spacial score (nSPS) is 25.4. The van der Waals surface area contributed by atoms with Gasteiger partial charge in [0.05, 0.1) is 45.4 Å². The molecule has 22 nitrogen and oxygen atoms in total. The highest BCUT2D eigenvalue weighted by Crippen LogP contribution is 2.50. The van der Waals surface area contributed by atoms with Gasteiger partial charge in [-0.2, -0.15) is 0 Å². The summed E-state index contributed by atoms with van der Waals surface area (Å²) in [6, 6.07) is 12.2. The predicted octanol–water partition coefficient (Wildman–Crippen LogP) is 2.62. The Balaban J connectivity index is 1.07. The van der Waals surface area contributed by atoms with Crippen molar-refractivity contribution in [2.45, 2.75) is 114 Å². The molecule has 6 N–H and O–H groups in total. The predicted molar refractivity (Wildman–Crippen MR) is 277 cm³/mol. The van der Waals surface area contributed by atoms with Gasteiger partial charge in [0.2, 0.25) is 29.5 Å². The number of anilines is 1. The lowest BCUT2D eigenvalue weighted by Gasteiger charge is -2.59. The molecule has 7 atom stereocenters. The lowest BCUT2D eigenvalue weighted by Crippen LogP contribution is -2.72. The Bertz CT molecular complexity index is 2700. The third kappa shape index (κ3) is 13.8. The molecule has 2 fully saturated rings. The first-order chi connectivity index (χ1) is 35.4. The summed E-state index contributed by atoms with van der Waals surface area (Å²) >= 11 is 6.80. The van der Waals surface area contributed by atoms with Crippen molar-refractivity contribution in [1.29, 1.82) is 0 Å². The molecule has 0 unspecified atom stereocenters. The molecule has 0 saturated carbocycles. The van der Waals surface area contributed by atoms with Gasteiger partial charge in [-0.15, -0.1) is 0 Å². The fourth-order valence-electron chi connectivity index (χ4n) is 9.58. The maximum atomic E-state index is 14.3. The number of aromatic nitrogens is 1. The number of rotatable bonds is 17. The van der Waals surface area contributed by atoms with Gasteiger partial charge in [0.15, 0.2) is 5.72 Å². The van der Waals surface area contributed by atoms with E-state index in [1.54, 1.807) is 38.1 Å². The average molecular weight is 1060 g/mol. The minimum Gasteiger partial charge on any atom is -0.495 e. The molecular formula is C52H70ClN9O13. The molecule has 2 aromatic carbocycles. The summed E-state index contributed by atoms with van der Waals surface area (Å²) in [6.07, 6.45) is 0.880. The van der Waals surface area contributed by atoms with E-state index in [0.717, 1.165) is 32.6 Å². The Kier molecular flexibility index (Phi) is 18.8. The molecule has 3 aromatic rings. The second-order valence-corrected chi connectivity index (χ2v) is 20.1. The summed E-state index contributed by atoms with van der Waals surface area (Å²) in [6.45, 7) is 6.16. The van der Waals surface area contributed by atoms with Crippen molar-refractivity contribution in [2.24, 2.45) is 0 Å². The van der Waals surface area contributed by atoms with Crippen molar-refractivity contribution < 1.29 is 62.4 Å². The van der Waals surface area contributed by atoms with Crippen LogP contribution in [0.4, 0.5) is 10.5 Å². The van der Waals surface area contributed by atoms with E-state index >= 15 is 0 Å². The van der Waals surface area contributed by atoms with Gasteiger partial charge in [-0.25, -0.2) is 14.6 Å². The standard InChI is InChI=1S/C52H70ClN9O13/c1-31-14-13-17-39(72-10)52(70)25-41(74-49(69)58-52)51(4)30-50(3,75-51)40(24-45(66)61(8)37-21-33(20-31)22-38(71-9)47(37)53)73-48(68)32(2)60(7)46(67)28-57-44(65)27-56-43(64)26-55-42(63)18-19-62-35(29-59(6)54-5)23-34-15-11-12-16-36(34)62/h11-17,21-23,32,39-41,54,70H,18-20,24-30H2,1-10H3,(H,55,63)(H,56,64)(H,57,65)(H,58,69)/b17-13+,31-14+/t32-,39+,40-,41-,50+,51+,52-/m0/s1. The molecule has 0 spiro atoms. The van der Waals surface area contributed by atoms with Gasteiger partial charge in [0, 0.05) is 65.3 Å². The third-order valence-corrected chi connectivity index (χ3v) is 14.4. The van der Waals surface area contributed by atoms with Crippen LogP contribution < -0.4 is 36.3 Å². The van der Waals surface area contributed by atoms with Crippen LogP contribution in [-0.4, -0.2) is 165 Å². The van der Waals surface area contributed by atoms with Crippen molar-refractivity contribution >= 4 is 69.8 Å². The number of hydrazine groups is 1. The first kappa shape index (κ1) is 57.7.